The normalized spacial score (nSPS) is 12.4. The zero-order valence-electron chi connectivity index (χ0n) is 20.8. The van der Waals surface area contributed by atoms with Gasteiger partial charge in [-0.2, -0.15) is 0 Å². The molecule has 0 bridgehead atoms. The van der Waals surface area contributed by atoms with Crippen molar-refractivity contribution in [2.45, 2.75) is 51.9 Å². The molecule has 0 aliphatic rings. The monoisotopic (exact) mass is 491 g/mol. The predicted molar refractivity (Wildman–Crippen MR) is 139 cm³/mol. The van der Waals surface area contributed by atoms with E-state index < -0.39 is 11.9 Å². The highest BCUT2D eigenvalue weighted by Gasteiger charge is 2.23. The fourth-order valence-corrected chi connectivity index (χ4v) is 4.05. The number of amides is 2. The molecule has 2 atom stereocenters. The van der Waals surface area contributed by atoms with Crippen molar-refractivity contribution in [1.29, 1.82) is 0 Å². The lowest BCUT2D eigenvalue weighted by molar-refractivity contribution is -0.124. The summed E-state index contributed by atoms with van der Waals surface area (Å²) in [6.07, 6.45) is 0.706. The molecule has 7 heteroatoms. The van der Waals surface area contributed by atoms with Crippen LogP contribution in [-0.4, -0.2) is 30.4 Å². The molecule has 0 aromatic heterocycles. The first-order chi connectivity index (χ1) is 17.4. The lowest BCUT2D eigenvalue weighted by Gasteiger charge is -2.25. The Morgan fingerprint density at radius 2 is 1.58 bits per heavy atom. The summed E-state index contributed by atoms with van der Waals surface area (Å²) in [5.74, 6) is -0.362. The van der Waals surface area contributed by atoms with Gasteiger partial charge in [0.05, 0.1) is 6.04 Å². The van der Waals surface area contributed by atoms with Crippen LogP contribution in [0, 0.1) is 5.82 Å². The lowest BCUT2D eigenvalue weighted by atomic mass is 9.98. The van der Waals surface area contributed by atoms with Crippen LogP contribution in [0.5, 0.6) is 5.75 Å². The molecule has 6 nitrogen and oxygen atoms in total. The molecular weight excluding hydrogens is 457 g/mol. The molecule has 3 aromatic rings. The predicted octanol–water partition coefficient (Wildman–Crippen LogP) is 4.14. The molecule has 36 heavy (non-hydrogen) atoms. The van der Waals surface area contributed by atoms with Crippen LogP contribution in [-0.2, 0) is 29.2 Å². The summed E-state index contributed by atoms with van der Waals surface area (Å²) in [5, 5.41) is 9.09. The number of carbonyl (C=O) groups is 2. The molecule has 0 aliphatic carbocycles. The molecule has 0 saturated carbocycles. The Balaban J connectivity index is 1.67. The average Bonchev–Trinajstić information content (AvgIpc) is 2.86. The number of carbonyl (C=O) groups excluding carboxylic acids is 2. The number of benzene rings is 3. The van der Waals surface area contributed by atoms with E-state index in [1.54, 1.807) is 6.07 Å². The first-order valence-electron chi connectivity index (χ1n) is 12.2. The Hall–Kier alpha value is -3.71. The zero-order chi connectivity index (χ0) is 25.8. The summed E-state index contributed by atoms with van der Waals surface area (Å²) in [6, 6.07) is 23.0. The number of hydrogen-bond acceptors (Lipinski definition) is 4. The van der Waals surface area contributed by atoms with Crippen LogP contribution in [0.15, 0.2) is 78.9 Å². The third-order valence-corrected chi connectivity index (χ3v) is 5.67. The number of likely N-dealkylation sites (N-methyl/N-ethyl adjacent to an activating group) is 1. The first kappa shape index (κ1) is 26.9. The standard InChI is InChI=1S/C29H34FN3O3/c1-3-31-28(29(35)32-19-22-10-6-4-7-11-22)18-26(33-21(2)34)15-24-14-25(30)17-27(16-24)36-20-23-12-8-5-9-13-23/h4-14,16-17,26,28,31H,3,15,18-20H2,1-2H3,(H,32,35)(H,33,34)/t26-,28-/m0/s1. The van der Waals surface area contributed by atoms with E-state index in [9.17, 15) is 14.0 Å². The largest absolute Gasteiger partial charge is 0.489 e. The van der Waals surface area contributed by atoms with E-state index in [1.807, 2.05) is 67.6 Å². The molecule has 0 saturated heterocycles. The van der Waals surface area contributed by atoms with Gasteiger partial charge in [-0.15, -0.1) is 0 Å². The van der Waals surface area contributed by atoms with Gasteiger partial charge in [0.15, 0.2) is 0 Å². The highest BCUT2D eigenvalue weighted by Crippen LogP contribution is 2.20. The quantitative estimate of drug-likeness (QED) is 0.336. The molecule has 3 N–H and O–H groups in total. The summed E-state index contributed by atoms with van der Waals surface area (Å²) in [6.45, 7) is 4.69. The fraction of sp³-hybridized carbons (Fsp3) is 0.310. The van der Waals surface area contributed by atoms with Crippen LogP contribution in [0.25, 0.3) is 0 Å². The molecular formula is C29H34FN3O3. The van der Waals surface area contributed by atoms with Crippen LogP contribution in [0.1, 0.15) is 37.0 Å². The Morgan fingerprint density at radius 1 is 0.917 bits per heavy atom. The smallest absolute Gasteiger partial charge is 0.237 e. The zero-order valence-corrected chi connectivity index (χ0v) is 20.8. The van der Waals surface area contributed by atoms with Crippen LogP contribution >= 0.6 is 0 Å². The van der Waals surface area contributed by atoms with Gasteiger partial charge in [-0.1, -0.05) is 67.6 Å². The number of halogens is 1. The third-order valence-electron chi connectivity index (χ3n) is 5.67. The molecule has 0 aliphatic heterocycles. The lowest BCUT2D eigenvalue weighted by Crippen LogP contribution is -2.49. The molecule has 3 aromatic carbocycles. The van der Waals surface area contributed by atoms with Gasteiger partial charge in [0.1, 0.15) is 18.2 Å². The average molecular weight is 492 g/mol. The van der Waals surface area contributed by atoms with E-state index in [0.717, 1.165) is 11.1 Å². The summed E-state index contributed by atoms with van der Waals surface area (Å²) < 4.78 is 20.2. The Labute approximate surface area is 212 Å². The van der Waals surface area contributed by atoms with E-state index in [0.29, 0.717) is 43.9 Å². The number of nitrogens with one attached hydrogen (secondary N) is 3. The van der Waals surface area contributed by atoms with Crippen molar-refractivity contribution in [2.24, 2.45) is 0 Å². The summed E-state index contributed by atoms with van der Waals surface area (Å²) >= 11 is 0. The van der Waals surface area contributed by atoms with Gasteiger partial charge in [-0.25, -0.2) is 4.39 Å². The summed E-state index contributed by atoms with van der Waals surface area (Å²) in [4.78, 5) is 24.9. The molecule has 0 spiro atoms. The second-order valence-corrected chi connectivity index (χ2v) is 8.72. The maximum atomic E-state index is 14.4. The number of rotatable bonds is 13. The molecule has 0 radical (unpaired) electrons. The van der Waals surface area contributed by atoms with Gasteiger partial charge in [0, 0.05) is 25.6 Å². The molecule has 0 fully saturated rings. The van der Waals surface area contributed by atoms with Crippen molar-refractivity contribution in [1.82, 2.24) is 16.0 Å². The molecule has 2 amide bonds. The molecule has 3 rings (SSSR count). The van der Waals surface area contributed by atoms with Gasteiger partial charge in [-0.3, -0.25) is 9.59 Å². The van der Waals surface area contributed by atoms with E-state index in [-0.39, 0.29) is 17.9 Å². The number of hydrogen-bond donors (Lipinski definition) is 3. The minimum atomic E-state index is -0.516. The fourth-order valence-electron chi connectivity index (χ4n) is 4.05. The van der Waals surface area contributed by atoms with Crippen molar-refractivity contribution in [3.63, 3.8) is 0 Å². The van der Waals surface area contributed by atoms with Crippen molar-refractivity contribution >= 4 is 11.8 Å². The van der Waals surface area contributed by atoms with Crippen molar-refractivity contribution < 1.29 is 18.7 Å². The van der Waals surface area contributed by atoms with Gasteiger partial charge in [0.2, 0.25) is 11.8 Å². The SMILES string of the molecule is CCN[C@@H](C[C@H](Cc1cc(F)cc(OCc2ccccc2)c1)NC(C)=O)C(=O)NCc1ccccc1. The van der Waals surface area contributed by atoms with Crippen molar-refractivity contribution in [2.75, 3.05) is 6.54 Å². The van der Waals surface area contributed by atoms with Gasteiger partial charge in [0.25, 0.3) is 0 Å². The Kier molecular flexibility index (Phi) is 10.5. The maximum Gasteiger partial charge on any atom is 0.237 e. The third kappa shape index (κ3) is 9.15. The van der Waals surface area contributed by atoms with Crippen molar-refractivity contribution in [3.8, 4) is 5.75 Å². The van der Waals surface area contributed by atoms with Gasteiger partial charge < -0.3 is 20.7 Å². The minimum absolute atomic E-state index is 0.151. The molecule has 0 heterocycles. The second kappa shape index (κ2) is 14.0. The molecule has 0 unspecified atom stereocenters. The van der Waals surface area contributed by atoms with Gasteiger partial charge >= 0.3 is 0 Å². The topological polar surface area (TPSA) is 79.5 Å². The van der Waals surface area contributed by atoms with Crippen LogP contribution in [0.3, 0.4) is 0 Å². The number of ether oxygens (including phenoxy) is 1. The van der Waals surface area contributed by atoms with Crippen LogP contribution in [0.4, 0.5) is 4.39 Å². The van der Waals surface area contributed by atoms with E-state index in [4.69, 9.17) is 4.74 Å². The second-order valence-electron chi connectivity index (χ2n) is 8.72. The van der Waals surface area contributed by atoms with Crippen molar-refractivity contribution in [3.05, 3.63) is 101 Å². The Morgan fingerprint density at radius 3 is 2.22 bits per heavy atom. The van der Waals surface area contributed by atoms with Crippen LogP contribution < -0.4 is 20.7 Å². The summed E-state index contributed by atoms with van der Waals surface area (Å²) in [7, 11) is 0. The van der Waals surface area contributed by atoms with Crippen LogP contribution in [0.2, 0.25) is 0 Å². The van der Waals surface area contributed by atoms with Gasteiger partial charge in [-0.05, 0) is 48.2 Å². The maximum absolute atomic E-state index is 14.4. The summed E-state index contributed by atoms with van der Waals surface area (Å²) in [5.41, 5.74) is 2.66. The first-order valence-corrected chi connectivity index (χ1v) is 12.2. The minimum Gasteiger partial charge on any atom is -0.489 e. The van der Waals surface area contributed by atoms with E-state index >= 15 is 0 Å². The highest BCUT2D eigenvalue weighted by molar-refractivity contribution is 5.82. The van der Waals surface area contributed by atoms with E-state index in [2.05, 4.69) is 16.0 Å². The molecule has 190 valence electrons. The Bertz CT molecular complexity index is 1110. The van der Waals surface area contributed by atoms with E-state index in [1.165, 1.54) is 19.1 Å². The highest BCUT2D eigenvalue weighted by atomic mass is 19.1.